The summed E-state index contributed by atoms with van der Waals surface area (Å²) in [5.74, 6) is 0.248. The molecule has 0 aliphatic heterocycles. The Bertz CT molecular complexity index is 1090. The number of nitrogens with one attached hydrogen (secondary N) is 1. The minimum absolute atomic E-state index is 0.0963. The van der Waals surface area contributed by atoms with E-state index in [1.165, 1.54) is 4.31 Å². The zero-order valence-corrected chi connectivity index (χ0v) is 16.9. The van der Waals surface area contributed by atoms with Crippen molar-refractivity contribution >= 4 is 39.0 Å². The van der Waals surface area contributed by atoms with E-state index in [1.807, 2.05) is 0 Å². The van der Waals surface area contributed by atoms with Gasteiger partial charge in [-0.2, -0.15) is 5.10 Å². The van der Waals surface area contributed by atoms with Gasteiger partial charge in [0.1, 0.15) is 5.82 Å². The van der Waals surface area contributed by atoms with Crippen molar-refractivity contribution in [3.8, 4) is 0 Å². The Morgan fingerprint density at radius 2 is 1.82 bits per heavy atom. The first-order chi connectivity index (χ1) is 13.3. The highest BCUT2D eigenvalue weighted by molar-refractivity contribution is 7.92. The number of amides is 1. The third-order valence-electron chi connectivity index (χ3n) is 4.15. The van der Waals surface area contributed by atoms with Crippen LogP contribution in [0, 0.1) is 0 Å². The lowest BCUT2D eigenvalue weighted by Crippen LogP contribution is -2.29. The van der Waals surface area contributed by atoms with Crippen LogP contribution in [-0.4, -0.2) is 30.4 Å². The fourth-order valence-electron chi connectivity index (χ4n) is 2.65. The molecule has 0 saturated carbocycles. The van der Waals surface area contributed by atoms with E-state index >= 15 is 0 Å². The molecule has 1 amide bonds. The van der Waals surface area contributed by atoms with Crippen LogP contribution in [0.1, 0.15) is 15.9 Å². The van der Waals surface area contributed by atoms with Gasteiger partial charge in [0.2, 0.25) is 10.0 Å². The lowest BCUT2D eigenvalue weighted by atomic mass is 10.1. The van der Waals surface area contributed by atoms with Gasteiger partial charge in [-0.25, -0.2) is 8.42 Å². The van der Waals surface area contributed by atoms with E-state index in [1.54, 1.807) is 72.5 Å². The smallest absolute Gasteiger partial charge is 0.256 e. The second kappa shape index (κ2) is 8.04. The van der Waals surface area contributed by atoms with Gasteiger partial charge in [0.05, 0.1) is 24.7 Å². The van der Waals surface area contributed by atoms with Crippen LogP contribution < -0.4 is 9.62 Å². The number of sulfonamides is 1. The number of anilines is 2. The molecule has 1 heterocycles. The van der Waals surface area contributed by atoms with Crippen molar-refractivity contribution in [1.29, 1.82) is 0 Å². The highest BCUT2D eigenvalue weighted by Crippen LogP contribution is 2.24. The zero-order valence-electron chi connectivity index (χ0n) is 15.3. The zero-order chi connectivity index (χ0) is 20.3. The number of aryl methyl sites for hydroxylation is 1. The van der Waals surface area contributed by atoms with E-state index in [0.717, 1.165) is 6.26 Å². The van der Waals surface area contributed by atoms with Gasteiger partial charge in [-0.3, -0.25) is 13.8 Å². The summed E-state index contributed by atoms with van der Waals surface area (Å²) < 4.78 is 27.4. The van der Waals surface area contributed by atoms with Crippen LogP contribution in [0.3, 0.4) is 0 Å². The Morgan fingerprint density at radius 1 is 1.14 bits per heavy atom. The molecule has 3 aromatic rings. The van der Waals surface area contributed by atoms with Crippen LogP contribution >= 0.6 is 11.6 Å². The van der Waals surface area contributed by atoms with E-state index in [2.05, 4.69) is 10.4 Å². The van der Waals surface area contributed by atoms with Gasteiger partial charge < -0.3 is 5.32 Å². The summed E-state index contributed by atoms with van der Waals surface area (Å²) in [6, 6.07) is 15.1. The lowest BCUT2D eigenvalue weighted by molar-refractivity contribution is 0.102. The third kappa shape index (κ3) is 4.52. The number of hydrogen-bond acceptors (Lipinski definition) is 4. The van der Waals surface area contributed by atoms with Gasteiger partial charge >= 0.3 is 0 Å². The van der Waals surface area contributed by atoms with Crippen molar-refractivity contribution in [2.45, 2.75) is 6.54 Å². The highest BCUT2D eigenvalue weighted by atomic mass is 35.5. The van der Waals surface area contributed by atoms with Gasteiger partial charge in [-0.1, -0.05) is 29.8 Å². The molecular weight excluding hydrogens is 400 g/mol. The predicted octanol–water partition coefficient (Wildman–Crippen LogP) is 3.29. The Labute approximate surface area is 168 Å². The predicted molar refractivity (Wildman–Crippen MR) is 110 cm³/mol. The first-order valence-electron chi connectivity index (χ1n) is 8.36. The normalized spacial score (nSPS) is 11.2. The van der Waals surface area contributed by atoms with E-state index < -0.39 is 10.0 Å². The Hall–Kier alpha value is -2.84. The molecule has 0 saturated heterocycles. The molecule has 2 aromatic carbocycles. The molecular formula is C19H19ClN4O3S. The molecule has 7 nitrogen and oxygen atoms in total. The van der Waals surface area contributed by atoms with Crippen LogP contribution in [-0.2, 0) is 23.6 Å². The number of benzene rings is 2. The van der Waals surface area contributed by atoms with Crippen LogP contribution in [0.2, 0.25) is 5.02 Å². The standard InChI is InChI=1S/C19H19ClN4O3S/c1-23-18(11-12-21-23)22-19(25)14-7-9-16(10-8-14)24(28(2,26)27)13-15-5-3-4-6-17(15)20/h3-12H,13H2,1-2H3,(H,22,25). The first-order valence-corrected chi connectivity index (χ1v) is 10.6. The molecule has 3 rings (SSSR count). The van der Waals surface area contributed by atoms with E-state index in [4.69, 9.17) is 11.6 Å². The maximum Gasteiger partial charge on any atom is 0.256 e. The van der Waals surface area contributed by atoms with Crippen LogP contribution in [0.25, 0.3) is 0 Å². The van der Waals surface area contributed by atoms with Crippen molar-refractivity contribution in [2.75, 3.05) is 15.9 Å². The molecule has 0 spiro atoms. The summed E-state index contributed by atoms with van der Waals surface area (Å²) in [6.07, 6.45) is 2.71. The van der Waals surface area contributed by atoms with Gasteiger partial charge in [0.15, 0.2) is 0 Å². The van der Waals surface area contributed by atoms with Crippen LogP contribution in [0.15, 0.2) is 60.8 Å². The van der Waals surface area contributed by atoms with Gasteiger partial charge in [-0.05, 0) is 35.9 Å². The number of rotatable bonds is 6. The monoisotopic (exact) mass is 418 g/mol. The molecule has 0 aliphatic rings. The van der Waals surface area contributed by atoms with Crippen molar-refractivity contribution in [1.82, 2.24) is 9.78 Å². The Balaban J connectivity index is 1.83. The average molecular weight is 419 g/mol. The summed E-state index contributed by atoms with van der Waals surface area (Å²) in [5, 5.41) is 7.23. The van der Waals surface area contributed by atoms with E-state index in [9.17, 15) is 13.2 Å². The maximum absolute atomic E-state index is 12.4. The summed E-state index contributed by atoms with van der Waals surface area (Å²) in [6.45, 7) is 0.0963. The van der Waals surface area contributed by atoms with Crippen molar-refractivity contribution in [3.05, 3.63) is 76.9 Å². The lowest BCUT2D eigenvalue weighted by Gasteiger charge is -2.23. The summed E-state index contributed by atoms with van der Waals surface area (Å²) in [5.41, 5.74) is 1.53. The molecule has 0 fully saturated rings. The van der Waals surface area contributed by atoms with Crippen molar-refractivity contribution in [3.63, 3.8) is 0 Å². The van der Waals surface area contributed by atoms with Gasteiger partial charge in [0, 0.05) is 23.7 Å². The second-order valence-corrected chi connectivity index (χ2v) is 8.52. The molecule has 9 heteroatoms. The van der Waals surface area contributed by atoms with Crippen LogP contribution in [0.5, 0.6) is 0 Å². The number of carbonyl (C=O) groups excluding carboxylic acids is 1. The van der Waals surface area contributed by atoms with Gasteiger partial charge in [-0.15, -0.1) is 0 Å². The average Bonchev–Trinajstić information content (AvgIpc) is 3.05. The molecule has 0 bridgehead atoms. The Morgan fingerprint density at radius 3 is 2.39 bits per heavy atom. The van der Waals surface area contributed by atoms with Crippen LogP contribution in [0.4, 0.5) is 11.5 Å². The molecule has 0 radical (unpaired) electrons. The molecule has 1 N–H and O–H groups in total. The highest BCUT2D eigenvalue weighted by Gasteiger charge is 2.19. The van der Waals surface area contributed by atoms with Gasteiger partial charge in [0.25, 0.3) is 5.91 Å². The number of aromatic nitrogens is 2. The van der Waals surface area contributed by atoms with E-state index in [-0.39, 0.29) is 12.5 Å². The summed E-state index contributed by atoms with van der Waals surface area (Å²) in [4.78, 5) is 12.4. The van der Waals surface area contributed by atoms with Crippen molar-refractivity contribution in [2.24, 2.45) is 7.05 Å². The largest absolute Gasteiger partial charge is 0.307 e. The number of halogens is 1. The fraction of sp³-hybridized carbons (Fsp3) is 0.158. The molecule has 0 atom stereocenters. The van der Waals surface area contributed by atoms with E-state index in [0.29, 0.717) is 27.7 Å². The molecule has 0 aliphatic carbocycles. The summed E-state index contributed by atoms with van der Waals surface area (Å²) in [7, 11) is -1.83. The Kier molecular flexibility index (Phi) is 5.71. The number of carbonyl (C=O) groups is 1. The molecule has 146 valence electrons. The second-order valence-electron chi connectivity index (χ2n) is 6.20. The third-order valence-corrected chi connectivity index (χ3v) is 5.66. The first kappa shape index (κ1) is 19.9. The summed E-state index contributed by atoms with van der Waals surface area (Å²) >= 11 is 6.17. The fourth-order valence-corrected chi connectivity index (χ4v) is 3.72. The molecule has 28 heavy (non-hydrogen) atoms. The topological polar surface area (TPSA) is 84.3 Å². The number of nitrogens with zero attached hydrogens (tertiary/aromatic N) is 3. The minimum atomic E-state index is -3.55. The minimum Gasteiger partial charge on any atom is -0.307 e. The van der Waals surface area contributed by atoms with Crippen molar-refractivity contribution < 1.29 is 13.2 Å². The SMILES string of the molecule is Cn1nccc1NC(=O)c1ccc(N(Cc2ccccc2Cl)S(C)(=O)=O)cc1. The molecule has 0 unspecified atom stereocenters. The maximum atomic E-state index is 12.4. The molecule has 1 aromatic heterocycles. The quantitative estimate of drug-likeness (QED) is 0.665. The number of hydrogen-bond donors (Lipinski definition) is 1.